The van der Waals surface area contributed by atoms with Crippen LogP contribution in [0.15, 0.2) is 24.3 Å². The monoisotopic (exact) mass is 208 g/mol. The highest BCUT2D eigenvalue weighted by atomic mass is 14.1. The molecular formula is C15H28. The van der Waals surface area contributed by atoms with E-state index in [4.69, 9.17) is 0 Å². The molecule has 0 saturated heterocycles. The standard InChI is InChI=1S/C15H28/c1-5-6-7-8-9-10-11-12-13-15(4)14(2)3/h5-6,9-10,14-15H,7-8,11-13H2,1-4H3/b6-5+,10-9+. The third kappa shape index (κ3) is 9.78. The van der Waals surface area contributed by atoms with E-state index >= 15 is 0 Å². The van der Waals surface area contributed by atoms with E-state index in [0.717, 1.165) is 11.8 Å². The molecule has 0 aliphatic carbocycles. The zero-order valence-corrected chi connectivity index (χ0v) is 11.0. The Kier molecular flexibility index (Phi) is 9.67. The van der Waals surface area contributed by atoms with Gasteiger partial charge in [0.1, 0.15) is 0 Å². The van der Waals surface area contributed by atoms with Crippen molar-refractivity contribution >= 4 is 0 Å². The molecule has 0 aromatic carbocycles. The molecule has 0 heteroatoms. The van der Waals surface area contributed by atoms with Crippen LogP contribution in [0.5, 0.6) is 0 Å². The largest absolute Gasteiger partial charge is 0.0917 e. The molecule has 0 aliphatic heterocycles. The molecule has 1 unspecified atom stereocenters. The Morgan fingerprint density at radius 1 is 0.867 bits per heavy atom. The van der Waals surface area contributed by atoms with Crippen molar-refractivity contribution < 1.29 is 0 Å². The lowest BCUT2D eigenvalue weighted by Crippen LogP contribution is -2.02. The second kappa shape index (κ2) is 10.0. The Labute approximate surface area is 96.5 Å². The van der Waals surface area contributed by atoms with Crippen molar-refractivity contribution in [3.8, 4) is 0 Å². The van der Waals surface area contributed by atoms with Crippen LogP contribution in [0.2, 0.25) is 0 Å². The molecule has 0 heterocycles. The first-order chi connectivity index (χ1) is 7.18. The third-order valence-corrected chi connectivity index (χ3v) is 3.07. The lowest BCUT2D eigenvalue weighted by atomic mass is 9.92. The van der Waals surface area contributed by atoms with E-state index in [0.29, 0.717) is 0 Å². The van der Waals surface area contributed by atoms with Crippen molar-refractivity contribution in [2.24, 2.45) is 11.8 Å². The first-order valence-corrected chi connectivity index (χ1v) is 6.44. The van der Waals surface area contributed by atoms with Crippen molar-refractivity contribution in [2.45, 2.75) is 59.8 Å². The second-order valence-corrected chi connectivity index (χ2v) is 4.77. The predicted molar refractivity (Wildman–Crippen MR) is 71.0 cm³/mol. The number of unbranched alkanes of at least 4 members (excludes halogenated alkanes) is 2. The van der Waals surface area contributed by atoms with Crippen LogP contribution < -0.4 is 0 Å². The SMILES string of the molecule is C/C=C/CC/C=C/CCCC(C)C(C)C. The molecule has 0 radical (unpaired) electrons. The summed E-state index contributed by atoms with van der Waals surface area (Å²) in [4.78, 5) is 0. The molecule has 88 valence electrons. The summed E-state index contributed by atoms with van der Waals surface area (Å²) in [6.45, 7) is 9.08. The number of hydrogen-bond donors (Lipinski definition) is 0. The van der Waals surface area contributed by atoms with Gasteiger partial charge in [0.25, 0.3) is 0 Å². The van der Waals surface area contributed by atoms with Gasteiger partial charge in [-0.15, -0.1) is 0 Å². The molecule has 1 atom stereocenters. The molecule has 0 aromatic heterocycles. The first kappa shape index (κ1) is 14.5. The van der Waals surface area contributed by atoms with Gasteiger partial charge in [0.15, 0.2) is 0 Å². The highest BCUT2D eigenvalue weighted by Gasteiger charge is 2.04. The highest BCUT2D eigenvalue weighted by molar-refractivity contribution is 4.86. The number of rotatable bonds is 8. The van der Waals surface area contributed by atoms with Gasteiger partial charge >= 0.3 is 0 Å². The summed E-state index contributed by atoms with van der Waals surface area (Å²) in [5.41, 5.74) is 0. The fourth-order valence-electron chi connectivity index (χ4n) is 1.49. The maximum absolute atomic E-state index is 2.36. The Hall–Kier alpha value is -0.520. The van der Waals surface area contributed by atoms with E-state index in [-0.39, 0.29) is 0 Å². The lowest BCUT2D eigenvalue weighted by molar-refractivity contribution is 0.383. The van der Waals surface area contributed by atoms with E-state index in [1.807, 2.05) is 0 Å². The van der Waals surface area contributed by atoms with E-state index in [2.05, 4.69) is 52.0 Å². The molecule has 0 bridgehead atoms. The molecule has 0 saturated carbocycles. The summed E-state index contributed by atoms with van der Waals surface area (Å²) in [5.74, 6) is 1.71. The summed E-state index contributed by atoms with van der Waals surface area (Å²) >= 11 is 0. The minimum absolute atomic E-state index is 0.837. The average molecular weight is 208 g/mol. The molecule has 0 aliphatic rings. The molecule has 0 rings (SSSR count). The molecule has 0 nitrogen and oxygen atoms in total. The minimum Gasteiger partial charge on any atom is -0.0917 e. The quantitative estimate of drug-likeness (QED) is 0.372. The number of allylic oxidation sites excluding steroid dienone is 4. The molecule has 0 fully saturated rings. The van der Waals surface area contributed by atoms with Crippen molar-refractivity contribution in [3.05, 3.63) is 24.3 Å². The third-order valence-electron chi connectivity index (χ3n) is 3.07. The van der Waals surface area contributed by atoms with Gasteiger partial charge in [0.2, 0.25) is 0 Å². The zero-order valence-electron chi connectivity index (χ0n) is 11.0. The Balaban J connectivity index is 3.30. The first-order valence-electron chi connectivity index (χ1n) is 6.44. The van der Waals surface area contributed by atoms with E-state index in [9.17, 15) is 0 Å². The maximum Gasteiger partial charge on any atom is -0.0316 e. The van der Waals surface area contributed by atoms with Crippen LogP contribution in [0.1, 0.15) is 59.8 Å². The average Bonchev–Trinajstić information content (AvgIpc) is 2.21. The van der Waals surface area contributed by atoms with Crippen molar-refractivity contribution in [1.82, 2.24) is 0 Å². The predicted octanol–water partition coefficient (Wildman–Crippen LogP) is 5.36. The van der Waals surface area contributed by atoms with Gasteiger partial charge in [-0.3, -0.25) is 0 Å². The van der Waals surface area contributed by atoms with Crippen LogP contribution >= 0.6 is 0 Å². The van der Waals surface area contributed by atoms with Gasteiger partial charge in [-0.2, -0.15) is 0 Å². The van der Waals surface area contributed by atoms with Crippen molar-refractivity contribution in [2.75, 3.05) is 0 Å². The fourth-order valence-corrected chi connectivity index (χ4v) is 1.49. The minimum atomic E-state index is 0.837. The highest BCUT2D eigenvalue weighted by Crippen LogP contribution is 2.16. The van der Waals surface area contributed by atoms with Gasteiger partial charge in [0.05, 0.1) is 0 Å². The topological polar surface area (TPSA) is 0 Å². The zero-order chi connectivity index (χ0) is 11.5. The summed E-state index contributed by atoms with van der Waals surface area (Å²) in [6, 6.07) is 0. The van der Waals surface area contributed by atoms with E-state index in [1.54, 1.807) is 0 Å². The lowest BCUT2D eigenvalue weighted by Gasteiger charge is -2.13. The van der Waals surface area contributed by atoms with Gasteiger partial charge in [-0.1, -0.05) is 51.5 Å². The van der Waals surface area contributed by atoms with Gasteiger partial charge < -0.3 is 0 Å². The Bertz CT molecular complexity index is 174. The molecule has 0 spiro atoms. The summed E-state index contributed by atoms with van der Waals surface area (Å²) in [7, 11) is 0. The van der Waals surface area contributed by atoms with Crippen LogP contribution in [-0.2, 0) is 0 Å². The van der Waals surface area contributed by atoms with Crippen LogP contribution in [0.3, 0.4) is 0 Å². The van der Waals surface area contributed by atoms with Crippen molar-refractivity contribution in [3.63, 3.8) is 0 Å². The van der Waals surface area contributed by atoms with Crippen LogP contribution in [0, 0.1) is 11.8 Å². The van der Waals surface area contributed by atoms with Gasteiger partial charge in [0, 0.05) is 0 Å². The summed E-state index contributed by atoms with van der Waals surface area (Å²) in [5, 5.41) is 0. The molecule has 0 N–H and O–H groups in total. The smallest absolute Gasteiger partial charge is 0.0316 e. The Morgan fingerprint density at radius 3 is 2.07 bits per heavy atom. The molecule has 15 heavy (non-hydrogen) atoms. The molecule has 0 aromatic rings. The van der Waals surface area contributed by atoms with Crippen LogP contribution in [0.25, 0.3) is 0 Å². The summed E-state index contributed by atoms with van der Waals surface area (Å²) < 4.78 is 0. The Morgan fingerprint density at radius 2 is 1.47 bits per heavy atom. The maximum atomic E-state index is 2.36. The molecule has 0 amide bonds. The van der Waals surface area contributed by atoms with Gasteiger partial charge in [-0.25, -0.2) is 0 Å². The van der Waals surface area contributed by atoms with Crippen LogP contribution in [0.4, 0.5) is 0 Å². The summed E-state index contributed by atoms with van der Waals surface area (Å²) in [6.07, 6.45) is 15.4. The van der Waals surface area contributed by atoms with E-state index in [1.165, 1.54) is 32.1 Å². The van der Waals surface area contributed by atoms with E-state index < -0.39 is 0 Å². The van der Waals surface area contributed by atoms with Gasteiger partial charge in [-0.05, 0) is 44.4 Å². The fraction of sp³-hybridized carbons (Fsp3) is 0.733. The van der Waals surface area contributed by atoms with Crippen LogP contribution in [-0.4, -0.2) is 0 Å². The molecular weight excluding hydrogens is 180 g/mol. The number of hydrogen-bond acceptors (Lipinski definition) is 0. The normalized spacial score (nSPS) is 14.5. The van der Waals surface area contributed by atoms with Crippen molar-refractivity contribution in [1.29, 1.82) is 0 Å². The second-order valence-electron chi connectivity index (χ2n) is 4.77.